The molecule has 0 spiro atoms. The van der Waals surface area contributed by atoms with E-state index in [1.165, 1.54) is 11.1 Å². The summed E-state index contributed by atoms with van der Waals surface area (Å²) in [5.41, 5.74) is 4.21. The zero-order chi connectivity index (χ0) is 23.5. The van der Waals surface area contributed by atoms with Crippen molar-refractivity contribution >= 4 is 12.0 Å². The Kier molecular flexibility index (Phi) is 8.67. The molecule has 0 heterocycles. The molecule has 1 N–H and O–H groups in total. The van der Waals surface area contributed by atoms with Crippen LogP contribution in [0.25, 0.3) is 6.08 Å². The average Bonchev–Trinajstić information content (AvgIpc) is 2.85. The normalized spacial score (nSPS) is 10.9. The number of carbonyl (C=O) groups excluding carboxylic acids is 1. The molecule has 0 unspecified atom stereocenters. The Morgan fingerprint density at radius 2 is 1.76 bits per heavy atom. The predicted molar refractivity (Wildman–Crippen MR) is 130 cm³/mol. The van der Waals surface area contributed by atoms with Gasteiger partial charge in [0, 0.05) is 6.54 Å². The molecule has 0 saturated heterocycles. The first-order chi connectivity index (χ1) is 16.1. The van der Waals surface area contributed by atoms with Crippen molar-refractivity contribution in [3.8, 4) is 17.6 Å². The molecule has 0 atom stereocenters. The average molecular weight is 441 g/mol. The summed E-state index contributed by atoms with van der Waals surface area (Å²) in [5.74, 6) is 0.750. The van der Waals surface area contributed by atoms with Gasteiger partial charge in [-0.2, -0.15) is 5.26 Å². The molecule has 1 amide bonds. The van der Waals surface area contributed by atoms with Crippen molar-refractivity contribution in [2.45, 2.75) is 26.4 Å². The lowest BCUT2D eigenvalue weighted by atomic mass is 10.1. The highest BCUT2D eigenvalue weighted by Crippen LogP contribution is 2.29. The number of carbonyl (C=O) groups is 1. The minimum atomic E-state index is -0.385. The third-order valence-corrected chi connectivity index (χ3v) is 5.15. The fourth-order valence-electron chi connectivity index (χ4n) is 3.29. The van der Waals surface area contributed by atoms with Crippen LogP contribution in [-0.2, 0) is 17.8 Å². The molecule has 3 rings (SSSR count). The van der Waals surface area contributed by atoms with Crippen molar-refractivity contribution in [1.82, 2.24) is 5.32 Å². The number of nitrogens with one attached hydrogen (secondary N) is 1. The van der Waals surface area contributed by atoms with Gasteiger partial charge in [-0.15, -0.1) is 0 Å². The van der Waals surface area contributed by atoms with Crippen LogP contribution in [0.4, 0.5) is 0 Å². The van der Waals surface area contributed by atoms with E-state index in [-0.39, 0.29) is 11.5 Å². The zero-order valence-electron chi connectivity index (χ0n) is 19.0. The van der Waals surface area contributed by atoms with Crippen LogP contribution >= 0.6 is 0 Å². The number of nitriles is 1. The lowest BCUT2D eigenvalue weighted by molar-refractivity contribution is -0.117. The smallest absolute Gasteiger partial charge is 0.261 e. The molecule has 5 heteroatoms. The highest BCUT2D eigenvalue weighted by Gasteiger charge is 2.11. The number of ether oxygens (including phenoxy) is 2. The standard InChI is InChI=1S/C28H28N2O3/c1-21-10-12-23(13-11-21)20-33-26-15-14-24(18-27(26)32-2)17-25(19-29)28(31)30-16-6-9-22-7-4-3-5-8-22/h3-5,7-8,10-15,17-18H,6,9,16,20H2,1-2H3,(H,30,31)/b25-17-. The van der Waals surface area contributed by atoms with Gasteiger partial charge in [0.2, 0.25) is 0 Å². The van der Waals surface area contributed by atoms with Gasteiger partial charge in [0.1, 0.15) is 18.2 Å². The van der Waals surface area contributed by atoms with E-state index in [2.05, 4.69) is 17.4 Å². The van der Waals surface area contributed by atoms with Gasteiger partial charge in [-0.3, -0.25) is 4.79 Å². The number of methoxy groups -OCH3 is 1. The van der Waals surface area contributed by atoms with Crippen LogP contribution < -0.4 is 14.8 Å². The van der Waals surface area contributed by atoms with Crippen molar-refractivity contribution in [3.63, 3.8) is 0 Å². The highest BCUT2D eigenvalue weighted by atomic mass is 16.5. The van der Waals surface area contributed by atoms with Crippen LogP contribution in [-0.4, -0.2) is 19.6 Å². The molecule has 33 heavy (non-hydrogen) atoms. The Morgan fingerprint density at radius 1 is 1.00 bits per heavy atom. The fraction of sp³-hybridized carbons (Fsp3) is 0.214. The molecule has 3 aromatic carbocycles. The maximum absolute atomic E-state index is 12.4. The molecule has 0 fully saturated rings. The first kappa shape index (κ1) is 23.6. The fourth-order valence-corrected chi connectivity index (χ4v) is 3.29. The molecule has 0 aromatic heterocycles. The van der Waals surface area contributed by atoms with E-state index in [0.29, 0.717) is 30.2 Å². The third kappa shape index (κ3) is 7.26. The summed E-state index contributed by atoms with van der Waals surface area (Å²) in [6.45, 7) is 2.96. The summed E-state index contributed by atoms with van der Waals surface area (Å²) >= 11 is 0. The maximum Gasteiger partial charge on any atom is 0.261 e. The topological polar surface area (TPSA) is 71.3 Å². The molecule has 0 aliphatic carbocycles. The highest BCUT2D eigenvalue weighted by molar-refractivity contribution is 6.01. The summed E-state index contributed by atoms with van der Waals surface area (Å²) in [7, 11) is 1.56. The monoisotopic (exact) mass is 440 g/mol. The molecule has 0 aliphatic heterocycles. The predicted octanol–water partition coefficient (Wildman–Crippen LogP) is 5.24. The van der Waals surface area contributed by atoms with Crippen LogP contribution in [0.1, 0.15) is 28.7 Å². The molecular formula is C28H28N2O3. The maximum atomic E-state index is 12.4. The van der Waals surface area contributed by atoms with E-state index in [1.807, 2.05) is 55.5 Å². The summed E-state index contributed by atoms with van der Waals surface area (Å²) in [4.78, 5) is 12.4. The molecule has 5 nitrogen and oxygen atoms in total. The number of amides is 1. The summed E-state index contributed by atoms with van der Waals surface area (Å²) in [6.07, 6.45) is 3.22. The van der Waals surface area contributed by atoms with Crippen molar-refractivity contribution in [1.29, 1.82) is 5.26 Å². The van der Waals surface area contributed by atoms with Crippen LogP contribution in [0.15, 0.2) is 78.4 Å². The van der Waals surface area contributed by atoms with E-state index in [0.717, 1.165) is 18.4 Å². The zero-order valence-corrected chi connectivity index (χ0v) is 19.0. The van der Waals surface area contributed by atoms with Crippen molar-refractivity contribution < 1.29 is 14.3 Å². The van der Waals surface area contributed by atoms with E-state index < -0.39 is 0 Å². The number of hydrogen-bond acceptors (Lipinski definition) is 4. The molecule has 3 aromatic rings. The largest absolute Gasteiger partial charge is 0.493 e. The van der Waals surface area contributed by atoms with Crippen LogP contribution in [0.3, 0.4) is 0 Å². The number of benzene rings is 3. The van der Waals surface area contributed by atoms with Gasteiger partial charge < -0.3 is 14.8 Å². The van der Waals surface area contributed by atoms with Gasteiger partial charge in [-0.1, -0.05) is 66.2 Å². The second-order valence-electron chi connectivity index (χ2n) is 7.70. The van der Waals surface area contributed by atoms with Gasteiger partial charge >= 0.3 is 0 Å². The number of nitrogens with zero attached hydrogens (tertiary/aromatic N) is 1. The van der Waals surface area contributed by atoms with Crippen LogP contribution in [0.5, 0.6) is 11.5 Å². The lowest BCUT2D eigenvalue weighted by Crippen LogP contribution is -2.25. The van der Waals surface area contributed by atoms with Crippen molar-refractivity contribution in [2.75, 3.05) is 13.7 Å². The number of hydrogen-bond donors (Lipinski definition) is 1. The van der Waals surface area contributed by atoms with Gasteiger partial charge in [-0.05, 0) is 54.7 Å². The van der Waals surface area contributed by atoms with Crippen LogP contribution in [0.2, 0.25) is 0 Å². The Labute approximate surface area is 195 Å². The van der Waals surface area contributed by atoms with Gasteiger partial charge in [0.25, 0.3) is 5.91 Å². The van der Waals surface area contributed by atoms with Crippen LogP contribution in [0, 0.1) is 18.3 Å². The Morgan fingerprint density at radius 3 is 2.45 bits per heavy atom. The molecule has 0 radical (unpaired) electrons. The second kappa shape index (κ2) is 12.1. The minimum absolute atomic E-state index is 0.0464. The molecule has 168 valence electrons. The second-order valence-corrected chi connectivity index (χ2v) is 7.70. The SMILES string of the molecule is COc1cc(/C=C(/C#N)C(=O)NCCCc2ccccc2)ccc1OCc1ccc(C)cc1. The van der Waals surface area contributed by atoms with E-state index in [4.69, 9.17) is 9.47 Å². The molecule has 0 aliphatic rings. The van der Waals surface area contributed by atoms with Gasteiger partial charge in [0.05, 0.1) is 7.11 Å². The number of aryl methyl sites for hydroxylation is 2. The first-order valence-electron chi connectivity index (χ1n) is 10.9. The van der Waals surface area contributed by atoms with E-state index in [9.17, 15) is 10.1 Å². The van der Waals surface area contributed by atoms with Gasteiger partial charge in [0.15, 0.2) is 11.5 Å². The first-order valence-corrected chi connectivity index (χ1v) is 10.9. The summed E-state index contributed by atoms with van der Waals surface area (Å²) in [6, 6.07) is 25.6. The molecule has 0 saturated carbocycles. The quantitative estimate of drug-likeness (QED) is 0.266. The van der Waals surface area contributed by atoms with E-state index >= 15 is 0 Å². The summed E-state index contributed by atoms with van der Waals surface area (Å²) in [5, 5.41) is 12.3. The molecular weight excluding hydrogens is 412 g/mol. The third-order valence-electron chi connectivity index (χ3n) is 5.15. The van der Waals surface area contributed by atoms with E-state index in [1.54, 1.807) is 31.4 Å². The summed E-state index contributed by atoms with van der Waals surface area (Å²) < 4.78 is 11.4. The minimum Gasteiger partial charge on any atom is -0.493 e. The lowest BCUT2D eigenvalue weighted by Gasteiger charge is -2.12. The van der Waals surface area contributed by atoms with Gasteiger partial charge in [-0.25, -0.2) is 0 Å². The van der Waals surface area contributed by atoms with Crippen molar-refractivity contribution in [2.24, 2.45) is 0 Å². The number of rotatable bonds is 10. The Bertz CT molecular complexity index is 1130. The van der Waals surface area contributed by atoms with Crippen molar-refractivity contribution in [3.05, 3.63) is 101 Å². The Balaban J connectivity index is 1.59. The molecule has 0 bridgehead atoms. The Hall–Kier alpha value is -4.04.